The Hall–Kier alpha value is -0.280. The lowest BCUT2D eigenvalue weighted by molar-refractivity contribution is 0.395. The summed E-state index contributed by atoms with van der Waals surface area (Å²) in [5.74, 6) is 6.23. The summed E-state index contributed by atoms with van der Waals surface area (Å²) >= 11 is 12.1. The number of hydrazine groups is 1. The maximum Gasteiger partial charge on any atom is 0.0477 e. The first-order valence-electron chi connectivity index (χ1n) is 5.99. The third-order valence-corrected chi connectivity index (χ3v) is 3.52. The lowest BCUT2D eigenvalue weighted by Gasteiger charge is -2.21. The second-order valence-electron chi connectivity index (χ2n) is 4.51. The molecule has 1 aromatic carbocycles. The molecule has 0 fully saturated rings. The van der Waals surface area contributed by atoms with Gasteiger partial charge in [0.1, 0.15) is 0 Å². The first-order chi connectivity index (χ1) is 8.08. The van der Waals surface area contributed by atoms with Gasteiger partial charge >= 0.3 is 0 Å². The molecule has 96 valence electrons. The molecule has 0 heterocycles. The van der Waals surface area contributed by atoms with Crippen LogP contribution in [0.4, 0.5) is 0 Å². The molecular formula is C13H20Cl2N2. The van der Waals surface area contributed by atoms with Crippen molar-refractivity contribution in [2.24, 2.45) is 11.8 Å². The highest BCUT2D eigenvalue weighted by molar-refractivity contribution is 6.35. The van der Waals surface area contributed by atoms with E-state index in [4.69, 9.17) is 29.0 Å². The molecule has 0 spiro atoms. The van der Waals surface area contributed by atoms with Gasteiger partial charge in [0, 0.05) is 16.1 Å². The zero-order valence-corrected chi connectivity index (χ0v) is 11.9. The summed E-state index contributed by atoms with van der Waals surface area (Å²) in [4.78, 5) is 0. The van der Waals surface area contributed by atoms with Crippen molar-refractivity contribution in [1.29, 1.82) is 0 Å². The molecule has 0 aromatic heterocycles. The van der Waals surface area contributed by atoms with Crippen molar-refractivity contribution in [1.82, 2.24) is 5.43 Å². The van der Waals surface area contributed by atoms with Crippen LogP contribution >= 0.6 is 23.2 Å². The molecule has 2 unspecified atom stereocenters. The average molecular weight is 275 g/mol. The second kappa shape index (κ2) is 7.22. The van der Waals surface area contributed by atoms with Crippen LogP contribution in [0.3, 0.4) is 0 Å². The van der Waals surface area contributed by atoms with Gasteiger partial charge in [-0.15, -0.1) is 0 Å². The van der Waals surface area contributed by atoms with Crippen molar-refractivity contribution in [3.05, 3.63) is 33.8 Å². The van der Waals surface area contributed by atoms with Gasteiger partial charge in [0.15, 0.2) is 0 Å². The molecule has 4 heteroatoms. The Balaban J connectivity index is 2.79. The maximum atomic E-state index is 6.18. The SMILES string of the molecule is CCCC(C)CC(NN)c1ccc(Cl)cc1Cl. The Morgan fingerprint density at radius 1 is 1.35 bits per heavy atom. The van der Waals surface area contributed by atoms with Gasteiger partial charge in [0.2, 0.25) is 0 Å². The first-order valence-corrected chi connectivity index (χ1v) is 6.75. The van der Waals surface area contributed by atoms with Crippen molar-refractivity contribution in [3.63, 3.8) is 0 Å². The normalized spacial score (nSPS) is 14.6. The highest BCUT2D eigenvalue weighted by Gasteiger charge is 2.16. The van der Waals surface area contributed by atoms with Gasteiger partial charge in [-0.05, 0) is 30.0 Å². The quantitative estimate of drug-likeness (QED) is 0.599. The van der Waals surface area contributed by atoms with Gasteiger partial charge in [-0.2, -0.15) is 0 Å². The van der Waals surface area contributed by atoms with E-state index < -0.39 is 0 Å². The number of nitrogens with one attached hydrogen (secondary N) is 1. The first kappa shape index (κ1) is 14.8. The van der Waals surface area contributed by atoms with E-state index in [0.29, 0.717) is 16.0 Å². The maximum absolute atomic E-state index is 6.18. The fraction of sp³-hybridized carbons (Fsp3) is 0.538. The smallest absolute Gasteiger partial charge is 0.0477 e. The Morgan fingerprint density at radius 3 is 2.59 bits per heavy atom. The van der Waals surface area contributed by atoms with Crippen LogP contribution in [0.5, 0.6) is 0 Å². The topological polar surface area (TPSA) is 38.0 Å². The lowest BCUT2D eigenvalue weighted by atomic mass is 9.93. The van der Waals surface area contributed by atoms with E-state index in [1.54, 1.807) is 6.07 Å². The standard InChI is InChI=1S/C13H20Cl2N2/c1-3-4-9(2)7-13(17-16)11-6-5-10(14)8-12(11)15/h5-6,8-9,13,17H,3-4,7,16H2,1-2H3. The fourth-order valence-corrected chi connectivity index (χ4v) is 2.62. The van der Waals surface area contributed by atoms with Crippen LogP contribution in [0.25, 0.3) is 0 Å². The third-order valence-electron chi connectivity index (χ3n) is 2.96. The molecule has 1 aromatic rings. The molecule has 0 aliphatic rings. The molecule has 0 saturated heterocycles. The average Bonchev–Trinajstić information content (AvgIpc) is 2.27. The molecule has 3 N–H and O–H groups in total. The monoisotopic (exact) mass is 274 g/mol. The highest BCUT2D eigenvalue weighted by atomic mass is 35.5. The van der Waals surface area contributed by atoms with E-state index in [9.17, 15) is 0 Å². The van der Waals surface area contributed by atoms with Gasteiger partial charge < -0.3 is 0 Å². The molecule has 0 amide bonds. The van der Waals surface area contributed by atoms with Gasteiger partial charge in [0.25, 0.3) is 0 Å². The second-order valence-corrected chi connectivity index (χ2v) is 5.36. The van der Waals surface area contributed by atoms with Gasteiger partial charge in [-0.25, -0.2) is 0 Å². The van der Waals surface area contributed by atoms with Crippen LogP contribution in [-0.2, 0) is 0 Å². The fourth-order valence-electron chi connectivity index (χ4n) is 2.08. The highest BCUT2D eigenvalue weighted by Crippen LogP contribution is 2.30. The Labute approximate surface area is 113 Å². The van der Waals surface area contributed by atoms with Crippen molar-refractivity contribution in [3.8, 4) is 0 Å². The summed E-state index contributed by atoms with van der Waals surface area (Å²) in [5.41, 5.74) is 3.86. The molecule has 0 aliphatic heterocycles. The van der Waals surface area contributed by atoms with Crippen molar-refractivity contribution in [2.75, 3.05) is 0 Å². The van der Waals surface area contributed by atoms with Crippen LogP contribution in [0.2, 0.25) is 10.0 Å². The number of nitrogens with two attached hydrogens (primary N) is 1. The largest absolute Gasteiger partial charge is 0.271 e. The predicted molar refractivity (Wildman–Crippen MR) is 75.2 cm³/mol. The molecule has 2 nitrogen and oxygen atoms in total. The number of benzene rings is 1. The third kappa shape index (κ3) is 4.47. The van der Waals surface area contributed by atoms with Gasteiger partial charge in [-0.3, -0.25) is 11.3 Å². The van der Waals surface area contributed by atoms with E-state index in [1.165, 1.54) is 12.8 Å². The van der Waals surface area contributed by atoms with E-state index in [-0.39, 0.29) is 6.04 Å². The molecule has 17 heavy (non-hydrogen) atoms. The Kier molecular flexibility index (Phi) is 6.28. The number of hydrogen-bond donors (Lipinski definition) is 2. The van der Waals surface area contributed by atoms with E-state index in [1.807, 2.05) is 12.1 Å². The molecule has 0 bridgehead atoms. The summed E-state index contributed by atoms with van der Waals surface area (Å²) in [6.07, 6.45) is 3.36. The molecule has 2 atom stereocenters. The van der Waals surface area contributed by atoms with E-state index >= 15 is 0 Å². The van der Waals surface area contributed by atoms with E-state index in [0.717, 1.165) is 12.0 Å². The molecule has 0 radical (unpaired) electrons. The summed E-state index contributed by atoms with van der Waals surface area (Å²) in [6, 6.07) is 5.62. The summed E-state index contributed by atoms with van der Waals surface area (Å²) in [7, 11) is 0. The lowest BCUT2D eigenvalue weighted by Crippen LogP contribution is -2.29. The number of hydrogen-bond acceptors (Lipinski definition) is 2. The van der Waals surface area contributed by atoms with Crippen LogP contribution in [-0.4, -0.2) is 0 Å². The summed E-state index contributed by atoms with van der Waals surface area (Å²) in [5, 5.41) is 1.32. The van der Waals surface area contributed by atoms with Crippen molar-refractivity contribution >= 4 is 23.2 Å². The zero-order chi connectivity index (χ0) is 12.8. The van der Waals surface area contributed by atoms with Gasteiger partial charge in [-0.1, -0.05) is 56.0 Å². The minimum Gasteiger partial charge on any atom is -0.271 e. The minimum absolute atomic E-state index is 0.0846. The predicted octanol–water partition coefficient (Wildman–Crippen LogP) is 4.32. The number of halogens is 2. The summed E-state index contributed by atoms with van der Waals surface area (Å²) in [6.45, 7) is 4.42. The van der Waals surface area contributed by atoms with Crippen LogP contribution < -0.4 is 11.3 Å². The zero-order valence-electron chi connectivity index (χ0n) is 10.3. The van der Waals surface area contributed by atoms with Crippen molar-refractivity contribution in [2.45, 2.75) is 39.2 Å². The minimum atomic E-state index is 0.0846. The molecule has 1 rings (SSSR count). The molecule has 0 aliphatic carbocycles. The van der Waals surface area contributed by atoms with E-state index in [2.05, 4.69) is 19.3 Å². The van der Waals surface area contributed by atoms with Gasteiger partial charge in [0.05, 0.1) is 0 Å². The van der Waals surface area contributed by atoms with Crippen molar-refractivity contribution < 1.29 is 0 Å². The molecular weight excluding hydrogens is 255 g/mol. The summed E-state index contributed by atoms with van der Waals surface area (Å²) < 4.78 is 0. The molecule has 0 saturated carbocycles. The Bertz CT molecular complexity index is 355. The Morgan fingerprint density at radius 2 is 2.06 bits per heavy atom. The van der Waals surface area contributed by atoms with Crippen LogP contribution in [0, 0.1) is 5.92 Å². The number of rotatable bonds is 6. The van der Waals surface area contributed by atoms with Crippen LogP contribution in [0.15, 0.2) is 18.2 Å². The van der Waals surface area contributed by atoms with Crippen LogP contribution in [0.1, 0.15) is 44.7 Å².